The van der Waals surface area contributed by atoms with Crippen LogP contribution in [0.1, 0.15) is 38.8 Å². The summed E-state index contributed by atoms with van der Waals surface area (Å²) >= 11 is 0. The smallest absolute Gasteiger partial charge is 0.187 e. The Morgan fingerprint density at radius 2 is 2.32 bits per heavy atom. The molecule has 5 nitrogen and oxygen atoms in total. The summed E-state index contributed by atoms with van der Waals surface area (Å²) in [4.78, 5) is 10.2. The van der Waals surface area contributed by atoms with Crippen LogP contribution >= 0.6 is 0 Å². The first-order chi connectivity index (χ1) is 10.5. The van der Waals surface area contributed by atoms with Gasteiger partial charge in [0.1, 0.15) is 6.33 Å². The number of hydrogen-bond donors (Lipinski definition) is 1. The Balaban J connectivity index is 1.90. The van der Waals surface area contributed by atoms with E-state index in [1.165, 1.54) is 6.33 Å². The standard InChI is InChI=1S/C16H24FN3O2/c1-3-12-14(17)15(19-10-18-12)20-7-4-5-13(20)11-9-22-8-6-16(11,2)21/h10-11,13,21H,3-9H2,1-2H3/t11-,13-,16+/m1/s1. The van der Waals surface area contributed by atoms with Crippen LogP contribution in [0.5, 0.6) is 0 Å². The monoisotopic (exact) mass is 309 g/mol. The highest BCUT2D eigenvalue weighted by atomic mass is 19.1. The van der Waals surface area contributed by atoms with Crippen molar-refractivity contribution in [2.45, 2.75) is 51.2 Å². The highest BCUT2D eigenvalue weighted by molar-refractivity contribution is 5.44. The van der Waals surface area contributed by atoms with Gasteiger partial charge in [-0.3, -0.25) is 0 Å². The summed E-state index contributed by atoms with van der Waals surface area (Å²) in [5.41, 5.74) is -0.329. The van der Waals surface area contributed by atoms with Gasteiger partial charge >= 0.3 is 0 Å². The Hall–Kier alpha value is -1.27. The zero-order chi connectivity index (χ0) is 15.7. The minimum atomic E-state index is -0.775. The topological polar surface area (TPSA) is 58.5 Å². The van der Waals surface area contributed by atoms with Crippen LogP contribution in [0.4, 0.5) is 10.2 Å². The van der Waals surface area contributed by atoms with E-state index in [0.29, 0.717) is 37.6 Å². The zero-order valence-corrected chi connectivity index (χ0v) is 13.3. The molecule has 2 aliphatic rings. The van der Waals surface area contributed by atoms with Crippen molar-refractivity contribution in [3.8, 4) is 0 Å². The maximum absolute atomic E-state index is 14.6. The lowest BCUT2D eigenvalue weighted by molar-refractivity contribution is -0.108. The lowest BCUT2D eigenvalue weighted by Crippen LogP contribution is -2.53. The molecule has 0 spiro atoms. The summed E-state index contributed by atoms with van der Waals surface area (Å²) in [5.74, 6) is 0.0205. The van der Waals surface area contributed by atoms with Crippen molar-refractivity contribution in [3.05, 3.63) is 17.8 Å². The summed E-state index contributed by atoms with van der Waals surface area (Å²) in [5, 5.41) is 10.7. The van der Waals surface area contributed by atoms with Crippen molar-refractivity contribution < 1.29 is 14.2 Å². The van der Waals surface area contributed by atoms with E-state index in [2.05, 4.69) is 9.97 Å². The average Bonchev–Trinajstić information content (AvgIpc) is 2.96. The lowest BCUT2D eigenvalue weighted by Gasteiger charge is -2.43. The number of aliphatic hydroxyl groups is 1. The fraction of sp³-hybridized carbons (Fsp3) is 0.750. The van der Waals surface area contributed by atoms with Crippen LogP contribution in [0, 0.1) is 11.7 Å². The first kappa shape index (κ1) is 15.6. The van der Waals surface area contributed by atoms with E-state index < -0.39 is 5.60 Å². The van der Waals surface area contributed by atoms with Crippen LogP contribution in [0.15, 0.2) is 6.33 Å². The second-order valence-corrected chi connectivity index (χ2v) is 6.50. The second kappa shape index (κ2) is 6.08. The molecular formula is C16H24FN3O2. The molecule has 0 amide bonds. The van der Waals surface area contributed by atoms with E-state index in [1.807, 2.05) is 18.7 Å². The molecule has 0 radical (unpaired) electrons. The molecule has 0 unspecified atom stereocenters. The first-order valence-corrected chi connectivity index (χ1v) is 8.10. The van der Waals surface area contributed by atoms with E-state index >= 15 is 0 Å². The van der Waals surface area contributed by atoms with Crippen molar-refractivity contribution in [1.82, 2.24) is 9.97 Å². The third-order valence-electron chi connectivity index (χ3n) is 5.06. The summed E-state index contributed by atoms with van der Waals surface area (Å²) in [6.45, 7) is 5.61. The third kappa shape index (κ3) is 2.70. The van der Waals surface area contributed by atoms with Gasteiger partial charge in [0.25, 0.3) is 0 Å². The van der Waals surface area contributed by atoms with Crippen molar-refractivity contribution in [3.63, 3.8) is 0 Å². The van der Waals surface area contributed by atoms with Gasteiger partial charge in [0, 0.05) is 25.1 Å². The average molecular weight is 309 g/mol. The molecule has 0 aliphatic carbocycles. The predicted octanol–water partition coefficient (Wildman–Crippen LogP) is 1.93. The number of rotatable bonds is 3. The minimum Gasteiger partial charge on any atom is -0.390 e. The Bertz CT molecular complexity index is 538. The molecule has 0 saturated carbocycles. The van der Waals surface area contributed by atoms with Crippen molar-refractivity contribution in [2.24, 2.45) is 5.92 Å². The van der Waals surface area contributed by atoms with Crippen LogP contribution in [0.25, 0.3) is 0 Å². The Kier molecular flexibility index (Phi) is 4.32. The van der Waals surface area contributed by atoms with Gasteiger partial charge in [-0.25, -0.2) is 14.4 Å². The Morgan fingerprint density at radius 1 is 1.50 bits per heavy atom. The molecule has 2 aliphatic heterocycles. The van der Waals surface area contributed by atoms with Crippen LogP contribution in [-0.2, 0) is 11.2 Å². The molecule has 3 atom stereocenters. The molecule has 3 heterocycles. The molecule has 2 fully saturated rings. The molecular weight excluding hydrogens is 285 g/mol. The van der Waals surface area contributed by atoms with E-state index in [1.54, 1.807) is 0 Å². The number of anilines is 1. The quantitative estimate of drug-likeness (QED) is 0.924. The molecule has 0 aromatic carbocycles. The minimum absolute atomic E-state index is 0.0248. The van der Waals surface area contributed by atoms with Gasteiger partial charge in [0.2, 0.25) is 0 Å². The number of nitrogens with zero attached hydrogens (tertiary/aromatic N) is 3. The highest BCUT2D eigenvalue weighted by Gasteiger charge is 2.45. The largest absolute Gasteiger partial charge is 0.390 e. The van der Waals surface area contributed by atoms with E-state index in [4.69, 9.17) is 4.74 Å². The Morgan fingerprint density at radius 3 is 3.05 bits per heavy atom. The lowest BCUT2D eigenvalue weighted by atomic mass is 9.79. The number of hydrogen-bond acceptors (Lipinski definition) is 5. The molecule has 122 valence electrons. The third-order valence-corrected chi connectivity index (χ3v) is 5.06. The van der Waals surface area contributed by atoms with Gasteiger partial charge in [0.15, 0.2) is 11.6 Å². The molecule has 0 bridgehead atoms. The zero-order valence-electron chi connectivity index (χ0n) is 13.3. The molecule has 1 aromatic rings. The highest BCUT2D eigenvalue weighted by Crippen LogP contribution is 2.38. The summed E-state index contributed by atoms with van der Waals surface area (Å²) in [6, 6.07) is 0.0596. The maximum atomic E-state index is 14.6. The van der Waals surface area contributed by atoms with Gasteiger partial charge in [-0.05, 0) is 32.6 Å². The SMILES string of the molecule is CCc1ncnc(N2CCC[C@@H]2[C@H]2COCC[C@]2(C)O)c1F. The van der Waals surface area contributed by atoms with Gasteiger partial charge < -0.3 is 14.7 Å². The molecule has 1 N–H and O–H groups in total. The fourth-order valence-electron chi connectivity index (χ4n) is 3.70. The summed E-state index contributed by atoms with van der Waals surface area (Å²) < 4.78 is 20.2. The van der Waals surface area contributed by atoms with E-state index in [0.717, 1.165) is 19.4 Å². The Labute approximate surface area is 130 Å². The normalized spacial score (nSPS) is 32.5. The van der Waals surface area contributed by atoms with E-state index in [-0.39, 0.29) is 17.8 Å². The van der Waals surface area contributed by atoms with Gasteiger partial charge in [-0.1, -0.05) is 6.92 Å². The molecule has 3 rings (SSSR count). The van der Waals surface area contributed by atoms with Crippen LogP contribution < -0.4 is 4.90 Å². The summed E-state index contributed by atoms with van der Waals surface area (Å²) in [6.07, 6.45) is 4.50. The predicted molar refractivity (Wildman–Crippen MR) is 81.3 cm³/mol. The van der Waals surface area contributed by atoms with Gasteiger partial charge in [0.05, 0.1) is 17.9 Å². The first-order valence-electron chi connectivity index (χ1n) is 8.10. The fourth-order valence-corrected chi connectivity index (χ4v) is 3.70. The van der Waals surface area contributed by atoms with Gasteiger partial charge in [-0.15, -0.1) is 0 Å². The molecule has 22 heavy (non-hydrogen) atoms. The van der Waals surface area contributed by atoms with Crippen molar-refractivity contribution in [1.29, 1.82) is 0 Å². The second-order valence-electron chi connectivity index (χ2n) is 6.50. The number of ether oxygens (including phenoxy) is 1. The number of aryl methyl sites for hydroxylation is 1. The summed E-state index contributed by atoms with van der Waals surface area (Å²) in [7, 11) is 0. The number of halogens is 1. The van der Waals surface area contributed by atoms with Crippen LogP contribution in [-0.4, -0.2) is 46.5 Å². The van der Waals surface area contributed by atoms with Crippen molar-refractivity contribution in [2.75, 3.05) is 24.7 Å². The van der Waals surface area contributed by atoms with Gasteiger partial charge in [-0.2, -0.15) is 0 Å². The van der Waals surface area contributed by atoms with E-state index in [9.17, 15) is 9.50 Å². The molecule has 6 heteroatoms. The number of aromatic nitrogens is 2. The maximum Gasteiger partial charge on any atom is 0.187 e. The molecule has 2 saturated heterocycles. The van der Waals surface area contributed by atoms with Crippen LogP contribution in [0.3, 0.4) is 0 Å². The van der Waals surface area contributed by atoms with Crippen LogP contribution in [0.2, 0.25) is 0 Å². The van der Waals surface area contributed by atoms with Crippen molar-refractivity contribution >= 4 is 5.82 Å². The molecule has 1 aromatic heterocycles.